The van der Waals surface area contributed by atoms with Crippen molar-refractivity contribution in [1.29, 1.82) is 0 Å². The number of nitrogens with zero attached hydrogens (tertiary/aromatic N) is 2. The van der Waals surface area contributed by atoms with Crippen LogP contribution in [-0.4, -0.2) is 37.6 Å². The van der Waals surface area contributed by atoms with Gasteiger partial charge in [-0.15, -0.1) is 0 Å². The number of carbonyl (C=O) groups is 2. The van der Waals surface area contributed by atoms with Crippen LogP contribution in [0.25, 0.3) is 11.1 Å². The number of aromatic nitrogens is 1. The first kappa shape index (κ1) is 21.5. The van der Waals surface area contributed by atoms with Crippen molar-refractivity contribution < 1.29 is 14.3 Å². The van der Waals surface area contributed by atoms with Gasteiger partial charge >= 0.3 is 5.97 Å². The molecule has 1 aromatic carbocycles. The molecule has 0 spiro atoms. The van der Waals surface area contributed by atoms with Gasteiger partial charge in [0.15, 0.2) is 0 Å². The predicted molar refractivity (Wildman–Crippen MR) is 113 cm³/mol. The Balaban J connectivity index is 2.64. The van der Waals surface area contributed by atoms with Crippen LogP contribution >= 0.6 is 0 Å². The Morgan fingerprint density at radius 1 is 1.18 bits per heavy atom. The van der Waals surface area contributed by atoms with Crippen molar-refractivity contribution in [3.63, 3.8) is 0 Å². The quantitative estimate of drug-likeness (QED) is 0.670. The van der Waals surface area contributed by atoms with E-state index in [1.807, 2.05) is 50.2 Å². The smallest absolute Gasteiger partial charge is 0.305 e. The molecule has 0 bridgehead atoms. The van der Waals surface area contributed by atoms with Gasteiger partial charge in [0.25, 0.3) is 5.91 Å². The highest BCUT2D eigenvalue weighted by atomic mass is 16.5. The van der Waals surface area contributed by atoms with E-state index in [4.69, 9.17) is 10.5 Å². The second kappa shape index (κ2) is 9.44. The van der Waals surface area contributed by atoms with Gasteiger partial charge in [-0.25, -0.2) is 0 Å². The van der Waals surface area contributed by atoms with E-state index >= 15 is 0 Å². The Hall–Kier alpha value is -2.76. The highest BCUT2D eigenvalue weighted by Gasteiger charge is 2.25. The average molecular weight is 386 g/mol. The van der Waals surface area contributed by atoms with Crippen LogP contribution in [0.4, 0.5) is 5.69 Å². The van der Waals surface area contributed by atoms with E-state index < -0.39 is 5.91 Å². The first-order valence-electron chi connectivity index (χ1n) is 9.68. The molecule has 28 heavy (non-hydrogen) atoms. The summed E-state index contributed by atoms with van der Waals surface area (Å²) < 4.78 is 6.96. The summed E-state index contributed by atoms with van der Waals surface area (Å²) in [4.78, 5) is 26.1. The second-order valence-electron chi connectivity index (χ2n) is 7.17. The molecule has 6 heteroatoms. The summed E-state index contributed by atoms with van der Waals surface area (Å²) in [6, 6.07) is 8.04. The molecule has 0 atom stereocenters. The van der Waals surface area contributed by atoms with Crippen molar-refractivity contribution in [2.24, 2.45) is 5.73 Å². The van der Waals surface area contributed by atoms with Crippen LogP contribution in [0, 0.1) is 6.92 Å². The first-order valence-corrected chi connectivity index (χ1v) is 9.68. The zero-order chi connectivity index (χ0) is 20.8. The van der Waals surface area contributed by atoms with E-state index in [0.717, 1.165) is 47.6 Å². The lowest BCUT2D eigenvalue weighted by Crippen LogP contribution is -2.13. The SMILES string of the molecule is CCCCn1c(C)c(C(N)=O)c(-c2ccc(N(C)C)cc2)c1CCC(=O)OC. The number of anilines is 1. The Kier molecular flexibility index (Phi) is 7.26. The number of hydrogen-bond donors (Lipinski definition) is 1. The van der Waals surface area contributed by atoms with E-state index in [0.29, 0.717) is 12.0 Å². The molecule has 0 aliphatic rings. The van der Waals surface area contributed by atoms with Gasteiger partial charge in [-0.1, -0.05) is 25.5 Å². The average Bonchev–Trinajstić information content (AvgIpc) is 2.96. The van der Waals surface area contributed by atoms with Gasteiger partial charge in [-0.05, 0) is 37.5 Å². The molecule has 1 heterocycles. The summed E-state index contributed by atoms with van der Waals surface area (Å²) in [6.45, 7) is 4.84. The number of carbonyl (C=O) groups excluding carboxylic acids is 2. The number of primary amides is 1. The molecule has 2 N–H and O–H groups in total. The van der Waals surface area contributed by atoms with Crippen LogP contribution in [0.2, 0.25) is 0 Å². The van der Waals surface area contributed by atoms with Crippen molar-refractivity contribution in [3.8, 4) is 11.1 Å². The maximum absolute atomic E-state index is 12.3. The molecule has 2 rings (SSSR count). The minimum absolute atomic E-state index is 0.257. The summed E-state index contributed by atoms with van der Waals surface area (Å²) in [5, 5.41) is 0. The number of hydrogen-bond acceptors (Lipinski definition) is 4. The summed E-state index contributed by atoms with van der Waals surface area (Å²) in [6.07, 6.45) is 2.77. The fourth-order valence-electron chi connectivity index (χ4n) is 3.54. The Labute approximate surface area is 167 Å². The van der Waals surface area contributed by atoms with E-state index in [1.54, 1.807) is 0 Å². The lowest BCUT2D eigenvalue weighted by molar-refractivity contribution is -0.140. The van der Waals surface area contributed by atoms with Gasteiger partial charge < -0.3 is 19.9 Å². The van der Waals surface area contributed by atoms with Crippen LogP contribution in [0.1, 0.15) is 47.9 Å². The standard InChI is InChI=1S/C22H31N3O3/c1-6-7-14-25-15(2)20(22(23)27)21(18(25)12-13-19(26)28-5)16-8-10-17(11-9-16)24(3)4/h8-11H,6-7,12-14H2,1-5H3,(H2,23,27). The second-order valence-corrected chi connectivity index (χ2v) is 7.17. The van der Waals surface area contributed by atoms with E-state index in [1.165, 1.54) is 7.11 Å². The molecule has 1 aromatic heterocycles. The number of benzene rings is 1. The molecule has 152 valence electrons. The van der Waals surface area contributed by atoms with E-state index in [2.05, 4.69) is 11.5 Å². The van der Waals surface area contributed by atoms with Crippen LogP contribution in [0.5, 0.6) is 0 Å². The maximum atomic E-state index is 12.3. The number of nitrogens with two attached hydrogens (primary N) is 1. The third-order valence-corrected chi connectivity index (χ3v) is 5.08. The van der Waals surface area contributed by atoms with E-state index in [9.17, 15) is 9.59 Å². The summed E-state index contributed by atoms with van der Waals surface area (Å²) in [5.74, 6) is -0.714. The summed E-state index contributed by atoms with van der Waals surface area (Å²) in [7, 11) is 5.35. The predicted octanol–water partition coefficient (Wildman–Crippen LogP) is 3.53. The van der Waals surface area contributed by atoms with Crippen molar-refractivity contribution in [3.05, 3.63) is 41.2 Å². The first-order chi connectivity index (χ1) is 13.3. The molecule has 1 amide bonds. The molecule has 0 radical (unpaired) electrons. The Morgan fingerprint density at radius 3 is 2.32 bits per heavy atom. The molecule has 0 aliphatic carbocycles. The molecule has 0 saturated heterocycles. The van der Waals surface area contributed by atoms with Crippen LogP contribution < -0.4 is 10.6 Å². The van der Waals surface area contributed by atoms with Crippen LogP contribution in [-0.2, 0) is 22.5 Å². The van der Waals surface area contributed by atoms with Crippen molar-refractivity contribution in [1.82, 2.24) is 4.57 Å². The number of esters is 1. The molecule has 2 aromatic rings. The normalized spacial score (nSPS) is 10.8. The number of ether oxygens (including phenoxy) is 1. The number of rotatable bonds is 9. The molecule has 0 saturated carbocycles. The fourth-order valence-corrected chi connectivity index (χ4v) is 3.54. The van der Waals surface area contributed by atoms with Gasteiger partial charge in [-0.2, -0.15) is 0 Å². The lowest BCUT2D eigenvalue weighted by Gasteiger charge is -2.15. The highest BCUT2D eigenvalue weighted by Crippen LogP contribution is 2.35. The number of amides is 1. The molecular weight excluding hydrogens is 354 g/mol. The Morgan fingerprint density at radius 2 is 1.82 bits per heavy atom. The van der Waals surface area contributed by atoms with E-state index in [-0.39, 0.29) is 12.4 Å². The number of unbranched alkanes of at least 4 members (excludes halogenated alkanes) is 1. The van der Waals surface area contributed by atoms with Crippen molar-refractivity contribution in [2.45, 2.75) is 46.1 Å². The minimum Gasteiger partial charge on any atom is -0.469 e. The van der Waals surface area contributed by atoms with Gasteiger partial charge in [-0.3, -0.25) is 9.59 Å². The molecular formula is C22H31N3O3. The Bertz CT molecular complexity index is 836. The van der Waals surface area contributed by atoms with Crippen molar-refractivity contribution in [2.75, 3.05) is 26.1 Å². The number of methoxy groups -OCH3 is 1. The van der Waals surface area contributed by atoms with Crippen molar-refractivity contribution >= 4 is 17.6 Å². The third kappa shape index (κ3) is 4.55. The monoisotopic (exact) mass is 385 g/mol. The van der Waals surface area contributed by atoms with Crippen LogP contribution in [0.15, 0.2) is 24.3 Å². The van der Waals surface area contributed by atoms with Gasteiger partial charge in [0.2, 0.25) is 0 Å². The molecule has 0 aliphatic heterocycles. The van der Waals surface area contributed by atoms with Gasteiger partial charge in [0, 0.05) is 43.3 Å². The van der Waals surface area contributed by atoms with Gasteiger partial charge in [0.05, 0.1) is 19.1 Å². The summed E-state index contributed by atoms with van der Waals surface area (Å²) in [5.41, 5.74) is 11.0. The fraction of sp³-hybridized carbons (Fsp3) is 0.455. The van der Waals surface area contributed by atoms with Gasteiger partial charge in [0.1, 0.15) is 0 Å². The zero-order valence-electron chi connectivity index (χ0n) is 17.5. The lowest BCUT2D eigenvalue weighted by atomic mass is 9.97. The largest absolute Gasteiger partial charge is 0.469 e. The third-order valence-electron chi connectivity index (χ3n) is 5.08. The van der Waals surface area contributed by atoms with Crippen LogP contribution in [0.3, 0.4) is 0 Å². The summed E-state index contributed by atoms with van der Waals surface area (Å²) >= 11 is 0. The highest BCUT2D eigenvalue weighted by molar-refractivity contribution is 6.02. The minimum atomic E-state index is -0.446. The maximum Gasteiger partial charge on any atom is 0.305 e. The molecule has 6 nitrogen and oxygen atoms in total. The zero-order valence-corrected chi connectivity index (χ0v) is 17.5. The topological polar surface area (TPSA) is 77.6 Å². The molecule has 0 fully saturated rings. The molecule has 0 unspecified atom stereocenters.